The van der Waals surface area contributed by atoms with Gasteiger partial charge >= 0.3 is 0 Å². The smallest absolute Gasteiger partial charge is 0.273 e. The summed E-state index contributed by atoms with van der Waals surface area (Å²) in [6.45, 7) is -0.674. The maximum absolute atomic E-state index is 12.2. The highest BCUT2D eigenvalue weighted by atomic mass is 19.3. The molecule has 2 N–H and O–H groups in total. The first kappa shape index (κ1) is 16.6. The Morgan fingerprint density at radius 1 is 1.41 bits per heavy atom. The van der Waals surface area contributed by atoms with Crippen molar-refractivity contribution in [1.82, 2.24) is 10.3 Å². The van der Waals surface area contributed by atoms with Gasteiger partial charge in [-0.15, -0.1) is 0 Å². The molecule has 0 saturated heterocycles. The van der Waals surface area contributed by atoms with Crippen LogP contribution in [0.5, 0.6) is 5.75 Å². The van der Waals surface area contributed by atoms with Crippen molar-refractivity contribution in [2.75, 3.05) is 13.2 Å². The van der Waals surface area contributed by atoms with Gasteiger partial charge in [0, 0.05) is 12.7 Å². The first-order valence-electron chi connectivity index (χ1n) is 7.37. The summed E-state index contributed by atoms with van der Waals surface area (Å²) < 4.78 is 29.3. The number of hydrogen-bond donors (Lipinski definition) is 2. The number of amides is 1. The van der Waals surface area contributed by atoms with E-state index in [4.69, 9.17) is 4.74 Å². The number of pyridine rings is 1. The third-order valence-corrected chi connectivity index (χ3v) is 3.71. The topological polar surface area (TPSA) is 71.5 Å². The van der Waals surface area contributed by atoms with Crippen LogP contribution in [-0.2, 0) is 0 Å². The number of nitrogens with zero attached hydrogens (tertiary/aromatic N) is 1. The van der Waals surface area contributed by atoms with E-state index in [0.29, 0.717) is 12.8 Å². The second kappa shape index (κ2) is 7.49. The van der Waals surface area contributed by atoms with E-state index in [0.717, 1.165) is 19.3 Å². The minimum absolute atomic E-state index is 0.0101. The second-order valence-corrected chi connectivity index (χ2v) is 5.52. The molecule has 1 aliphatic carbocycles. The van der Waals surface area contributed by atoms with Gasteiger partial charge in [-0.25, -0.2) is 13.8 Å². The largest absolute Gasteiger partial charge is 0.485 e. The average molecular weight is 314 g/mol. The van der Waals surface area contributed by atoms with Gasteiger partial charge in [0.1, 0.15) is 6.61 Å². The van der Waals surface area contributed by atoms with Gasteiger partial charge in [-0.3, -0.25) is 4.79 Å². The molecule has 5 nitrogen and oxygen atoms in total. The number of halogens is 2. The van der Waals surface area contributed by atoms with E-state index in [2.05, 4.69) is 10.3 Å². The molecule has 22 heavy (non-hydrogen) atoms. The molecule has 1 aliphatic rings. The van der Waals surface area contributed by atoms with E-state index < -0.39 is 24.5 Å². The van der Waals surface area contributed by atoms with Crippen LogP contribution >= 0.6 is 0 Å². The lowest BCUT2D eigenvalue weighted by molar-refractivity contribution is 0.00515. The fourth-order valence-electron chi connectivity index (χ4n) is 2.55. The molecule has 0 radical (unpaired) electrons. The first-order valence-corrected chi connectivity index (χ1v) is 7.37. The molecule has 0 aromatic carbocycles. The van der Waals surface area contributed by atoms with E-state index in [1.165, 1.54) is 18.3 Å². The number of rotatable bonds is 6. The van der Waals surface area contributed by atoms with Crippen molar-refractivity contribution in [2.45, 2.75) is 44.1 Å². The van der Waals surface area contributed by atoms with Crippen molar-refractivity contribution in [3.8, 4) is 5.75 Å². The van der Waals surface area contributed by atoms with Crippen LogP contribution in [0, 0.1) is 0 Å². The Morgan fingerprint density at radius 3 is 2.82 bits per heavy atom. The van der Waals surface area contributed by atoms with Crippen LogP contribution < -0.4 is 10.1 Å². The predicted molar refractivity (Wildman–Crippen MR) is 76.1 cm³/mol. The van der Waals surface area contributed by atoms with Gasteiger partial charge in [-0.1, -0.05) is 19.3 Å². The molecule has 0 spiro atoms. The van der Waals surface area contributed by atoms with E-state index >= 15 is 0 Å². The van der Waals surface area contributed by atoms with E-state index in [1.54, 1.807) is 0 Å². The molecule has 7 heteroatoms. The lowest BCUT2D eigenvalue weighted by Gasteiger charge is -2.32. The zero-order valence-corrected chi connectivity index (χ0v) is 12.2. The quantitative estimate of drug-likeness (QED) is 0.844. The summed E-state index contributed by atoms with van der Waals surface area (Å²) in [5, 5.41) is 13.0. The van der Waals surface area contributed by atoms with Gasteiger partial charge in [0.2, 0.25) is 0 Å². The first-order chi connectivity index (χ1) is 10.5. The van der Waals surface area contributed by atoms with Crippen LogP contribution in [0.4, 0.5) is 8.78 Å². The third kappa shape index (κ3) is 4.62. The van der Waals surface area contributed by atoms with Crippen LogP contribution in [-0.4, -0.2) is 41.2 Å². The van der Waals surface area contributed by atoms with Gasteiger partial charge in [0.15, 0.2) is 11.4 Å². The monoisotopic (exact) mass is 314 g/mol. The minimum Gasteiger partial charge on any atom is -0.485 e. The lowest BCUT2D eigenvalue weighted by Crippen LogP contribution is -2.44. The number of alkyl halides is 2. The van der Waals surface area contributed by atoms with Crippen molar-refractivity contribution in [3.63, 3.8) is 0 Å². The Hall–Kier alpha value is -1.76. The van der Waals surface area contributed by atoms with Crippen molar-refractivity contribution in [1.29, 1.82) is 0 Å². The molecule has 1 fully saturated rings. The highest BCUT2D eigenvalue weighted by Gasteiger charge is 2.30. The second-order valence-electron chi connectivity index (χ2n) is 5.52. The maximum Gasteiger partial charge on any atom is 0.273 e. The summed E-state index contributed by atoms with van der Waals surface area (Å²) in [5.74, 6) is -0.528. The lowest BCUT2D eigenvalue weighted by atomic mass is 9.85. The highest BCUT2D eigenvalue weighted by molar-refractivity contribution is 5.94. The molecule has 0 aliphatic heterocycles. The summed E-state index contributed by atoms with van der Waals surface area (Å²) in [7, 11) is 0. The molecule has 0 unspecified atom stereocenters. The molecular formula is C15H20F2N2O3. The molecule has 0 bridgehead atoms. The van der Waals surface area contributed by atoms with Crippen molar-refractivity contribution in [3.05, 3.63) is 24.0 Å². The summed E-state index contributed by atoms with van der Waals surface area (Å²) in [6.07, 6.45) is 2.99. The Kier molecular flexibility index (Phi) is 5.65. The number of ether oxygens (including phenoxy) is 1. The SMILES string of the molecule is O=C(NCC1(O)CCCCC1)c1ncccc1OCC(F)F. The van der Waals surface area contributed by atoms with Crippen molar-refractivity contribution in [2.24, 2.45) is 0 Å². The Labute approximate surface area is 127 Å². The summed E-state index contributed by atoms with van der Waals surface area (Å²) in [5.41, 5.74) is -0.949. The molecule has 1 aromatic heterocycles. The molecule has 1 heterocycles. The van der Waals surface area contributed by atoms with Gasteiger partial charge < -0.3 is 15.2 Å². The van der Waals surface area contributed by atoms with Crippen LogP contribution in [0.3, 0.4) is 0 Å². The number of carbonyl (C=O) groups is 1. The third-order valence-electron chi connectivity index (χ3n) is 3.71. The van der Waals surface area contributed by atoms with E-state index in [-0.39, 0.29) is 18.0 Å². The summed E-state index contributed by atoms with van der Waals surface area (Å²) in [4.78, 5) is 16.0. The normalized spacial score (nSPS) is 17.3. The highest BCUT2D eigenvalue weighted by Crippen LogP contribution is 2.27. The van der Waals surface area contributed by atoms with Crippen LogP contribution in [0.2, 0.25) is 0 Å². The van der Waals surface area contributed by atoms with Crippen LogP contribution in [0.1, 0.15) is 42.6 Å². The zero-order chi connectivity index (χ0) is 16.0. The molecule has 122 valence electrons. The maximum atomic E-state index is 12.2. The van der Waals surface area contributed by atoms with Crippen molar-refractivity contribution >= 4 is 5.91 Å². The van der Waals surface area contributed by atoms with E-state index in [1.807, 2.05) is 0 Å². The summed E-state index contributed by atoms with van der Waals surface area (Å²) >= 11 is 0. The average Bonchev–Trinajstić information content (AvgIpc) is 2.52. The van der Waals surface area contributed by atoms with Crippen molar-refractivity contribution < 1.29 is 23.4 Å². The molecule has 1 aromatic rings. The predicted octanol–water partition coefficient (Wildman–Crippen LogP) is 2.15. The molecule has 1 amide bonds. The molecular weight excluding hydrogens is 294 g/mol. The molecule has 1 saturated carbocycles. The summed E-state index contributed by atoms with van der Waals surface area (Å²) in [6, 6.07) is 2.92. The molecule has 0 atom stereocenters. The number of aliphatic hydroxyl groups is 1. The number of aromatic nitrogens is 1. The number of hydrogen-bond acceptors (Lipinski definition) is 4. The van der Waals surface area contributed by atoms with Gasteiger partial charge in [0.05, 0.1) is 5.60 Å². The van der Waals surface area contributed by atoms with Gasteiger partial charge in [0.25, 0.3) is 12.3 Å². The Morgan fingerprint density at radius 2 is 2.14 bits per heavy atom. The van der Waals surface area contributed by atoms with Crippen LogP contribution in [0.25, 0.3) is 0 Å². The standard InChI is InChI=1S/C15H20F2N2O3/c16-12(17)9-22-11-5-4-8-18-13(11)14(20)19-10-15(21)6-2-1-3-7-15/h4-5,8,12,21H,1-3,6-7,9-10H2,(H,19,20). The number of carbonyl (C=O) groups excluding carboxylic acids is 1. The Balaban J connectivity index is 1.97. The van der Waals surface area contributed by atoms with Crippen LogP contribution in [0.15, 0.2) is 18.3 Å². The van der Waals surface area contributed by atoms with E-state index in [9.17, 15) is 18.7 Å². The zero-order valence-electron chi connectivity index (χ0n) is 12.2. The Bertz CT molecular complexity index is 505. The fraction of sp³-hybridized carbons (Fsp3) is 0.600. The number of nitrogens with one attached hydrogen (secondary N) is 1. The minimum atomic E-state index is -2.63. The fourth-order valence-corrected chi connectivity index (χ4v) is 2.55. The van der Waals surface area contributed by atoms with Gasteiger partial charge in [-0.2, -0.15) is 0 Å². The molecule has 2 rings (SSSR count). The van der Waals surface area contributed by atoms with Gasteiger partial charge in [-0.05, 0) is 25.0 Å².